The van der Waals surface area contributed by atoms with E-state index in [1.54, 1.807) is 11.3 Å². The predicted molar refractivity (Wildman–Crippen MR) is 135 cm³/mol. The van der Waals surface area contributed by atoms with E-state index in [0.29, 0.717) is 15.7 Å². The van der Waals surface area contributed by atoms with Gasteiger partial charge in [-0.3, -0.25) is 10.1 Å². The fourth-order valence-electron chi connectivity index (χ4n) is 4.20. The maximum atomic E-state index is 13.2. The first-order chi connectivity index (χ1) is 15.6. The molecule has 0 fully saturated rings. The van der Waals surface area contributed by atoms with Crippen molar-refractivity contribution in [3.05, 3.63) is 57.9 Å². The van der Waals surface area contributed by atoms with Gasteiger partial charge in [0.2, 0.25) is 0 Å². The summed E-state index contributed by atoms with van der Waals surface area (Å²) in [4.78, 5) is 27.4. The lowest BCUT2D eigenvalue weighted by molar-refractivity contribution is 0.103. The summed E-state index contributed by atoms with van der Waals surface area (Å²) in [6.07, 6.45) is 0.894. The Morgan fingerprint density at radius 2 is 2.03 bits per heavy atom. The molecule has 1 amide bonds. The largest absolute Gasteiger partial charge is 0.397 e. The van der Waals surface area contributed by atoms with Crippen LogP contribution in [0.15, 0.2) is 41.8 Å². The van der Waals surface area contributed by atoms with Crippen molar-refractivity contribution in [1.82, 2.24) is 14.9 Å². The summed E-state index contributed by atoms with van der Waals surface area (Å²) in [5, 5.41) is 6.48. The van der Waals surface area contributed by atoms with E-state index in [1.807, 2.05) is 24.3 Å². The highest BCUT2D eigenvalue weighted by atomic mass is 32.1. The molecule has 5 heterocycles. The molecule has 9 heteroatoms. The van der Waals surface area contributed by atoms with Crippen molar-refractivity contribution in [3.8, 4) is 10.4 Å². The van der Waals surface area contributed by atoms with Gasteiger partial charge in [-0.1, -0.05) is 29.5 Å². The second-order valence-electron chi connectivity index (χ2n) is 7.84. The van der Waals surface area contributed by atoms with Crippen molar-refractivity contribution in [2.75, 3.05) is 24.6 Å². The van der Waals surface area contributed by atoms with Gasteiger partial charge in [-0.15, -0.1) is 22.7 Å². The zero-order valence-corrected chi connectivity index (χ0v) is 19.7. The van der Waals surface area contributed by atoms with Crippen molar-refractivity contribution < 1.29 is 4.79 Å². The van der Waals surface area contributed by atoms with Crippen LogP contribution in [0.4, 0.5) is 10.8 Å². The van der Waals surface area contributed by atoms with Crippen molar-refractivity contribution in [3.63, 3.8) is 0 Å². The average molecular weight is 478 g/mol. The highest BCUT2D eigenvalue weighted by Gasteiger charge is 2.27. The SMILES string of the molecule is CN1CCc2nc3sc(C(=O)Nc4nc5ccccc5s4)c(N)c3c(-c3cccs3)c2C1. The number of thiophene rings is 2. The van der Waals surface area contributed by atoms with Crippen LogP contribution in [0.25, 0.3) is 30.9 Å². The molecule has 0 aliphatic carbocycles. The molecule has 3 N–H and O–H groups in total. The number of para-hydroxylation sites is 1. The van der Waals surface area contributed by atoms with Crippen LogP contribution in [0.5, 0.6) is 0 Å². The molecule has 6 rings (SSSR count). The summed E-state index contributed by atoms with van der Waals surface area (Å²) in [5.41, 5.74) is 11.4. The molecule has 6 nitrogen and oxygen atoms in total. The fourth-order valence-corrected chi connectivity index (χ4v) is 6.88. The van der Waals surface area contributed by atoms with Crippen LogP contribution >= 0.6 is 34.0 Å². The second kappa shape index (κ2) is 7.63. The van der Waals surface area contributed by atoms with Gasteiger partial charge in [-0.05, 0) is 36.2 Å². The number of hydrogen-bond acceptors (Lipinski definition) is 8. The van der Waals surface area contributed by atoms with Crippen LogP contribution in [0, 0.1) is 0 Å². The Balaban J connectivity index is 1.48. The van der Waals surface area contributed by atoms with Gasteiger partial charge in [-0.2, -0.15) is 0 Å². The number of nitrogen functional groups attached to an aromatic ring is 1. The van der Waals surface area contributed by atoms with Gasteiger partial charge >= 0.3 is 0 Å². The maximum absolute atomic E-state index is 13.2. The lowest BCUT2D eigenvalue weighted by Crippen LogP contribution is -2.27. The van der Waals surface area contributed by atoms with E-state index in [4.69, 9.17) is 10.7 Å². The van der Waals surface area contributed by atoms with E-state index < -0.39 is 0 Å². The minimum absolute atomic E-state index is 0.239. The third-order valence-electron chi connectivity index (χ3n) is 5.71. The first-order valence-corrected chi connectivity index (χ1v) is 12.7. The number of carbonyl (C=O) groups excluding carboxylic acids is 1. The van der Waals surface area contributed by atoms with E-state index >= 15 is 0 Å². The highest BCUT2D eigenvalue weighted by molar-refractivity contribution is 7.23. The zero-order chi connectivity index (χ0) is 21.8. The Hall–Kier alpha value is -2.85. The van der Waals surface area contributed by atoms with Crippen LogP contribution in [0.2, 0.25) is 0 Å². The topological polar surface area (TPSA) is 84.1 Å². The number of nitrogens with two attached hydrogens (primary N) is 1. The quantitative estimate of drug-likeness (QED) is 0.361. The molecule has 5 aromatic rings. The third-order valence-corrected chi connectivity index (χ3v) is 8.65. The number of thiazole rings is 1. The van der Waals surface area contributed by atoms with Crippen LogP contribution in [-0.4, -0.2) is 34.4 Å². The van der Waals surface area contributed by atoms with Crippen molar-refractivity contribution in [1.29, 1.82) is 0 Å². The first kappa shape index (κ1) is 19.8. The van der Waals surface area contributed by atoms with Crippen molar-refractivity contribution >= 4 is 71.2 Å². The summed E-state index contributed by atoms with van der Waals surface area (Å²) in [5.74, 6) is -0.239. The van der Waals surface area contributed by atoms with Crippen molar-refractivity contribution in [2.45, 2.75) is 13.0 Å². The van der Waals surface area contributed by atoms with Gasteiger partial charge in [0.25, 0.3) is 5.91 Å². The maximum Gasteiger partial charge on any atom is 0.269 e. The molecule has 0 saturated heterocycles. The normalized spacial score (nSPS) is 14.2. The number of benzene rings is 1. The Kier molecular flexibility index (Phi) is 4.72. The molecule has 4 aromatic heterocycles. The van der Waals surface area contributed by atoms with Gasteiger partial charge in [0, 0.05) is 41.0 Å². The van der Waals surface area contributed by atoms with Crippen LogP contribution in [0.3, 0.4) is 0 Å². The summed E-state index contributed by atoms with van der Waals surface area (Å²) >= 11 is 4.51. The molecule has 1 aromatic carbocycles. The average Bonchev–Trinajstić information content (AvgIpc) is 3.51. The smallest absolute Gasteiger partial charge is 0.269 e. The molecule has 0 spiro atoms. The summed E-state index contributed by atoms with van der Waals surface area (Å²) in [7, 11) is 2.12. The molecular weight excluding hydrogens is 458 g/mol. The van der Waals surface area contributed by atoms with E-state index in [2.05, 4.69) is 39.8 Å². The Labute approximate surface area is 196 Å². The molecule has 0 atom stereocenters. The van der Waals surface area contributed by atoms with Gasteiger partial charge in [0.15, 0.2) is 5.13 Å². The van der Waals surface area contributed by atoms with Crippen LogP contribution in [0.1, 0.15) is 20.9 Å². The molecule has 160 valence electrons. The molecule has 1 aliphatic rings. The van der Waals surface area contributed by atoms with E-state index in [9.17, 15) is 4.79 Å². The number of nitrogens with one attached hydrogen (secondary N) is 1. The van der Waals surface area contributed by atoms with Gasteiger partial charge < -0.3 is 10.6 Å². The van der Waals surface area contributed by atoms with Crippen molar-refractivity contribution in [2.24, 2.45) is 0 Å². The molecule has 1 aliphatic heterocycles. The van der Waals surface area contributed by atoms with Gasteiger partial charge in [0.05, 0.1) is 15.9 Å². The minimum Gasteiger partial charge on any atom is -0.397 e. The molecule has 0 saturated carbocycles. The Morgan fingerprint density at radius 1 is 1.16 bits per heavy atom. The number of likely N-dealkylation sites (N-methyl/N-ethyl adjacent to an activating group) is 1. The second-order valence-corrected chi connectivity index (χ2v) is 10.8. The number of aromatic nitrogens is 2. The number of hydrogen-bond donors (Lipinski definition) is 2. The Bertz CT molecular complexity index is 1450. The lowest BCUT2D eigenvalue weighted by atomic mass is 9.96. The van der Waals surface area contributed by atoms with Crippen LogP contribution in [-0.2, 0) is 13.0 Å². The van der Waals surface area contributed by atoms with E-state index in [0.717, 1.165) is 56.1 Å². The lowest BCUT2D eigenvalue weighted by Gasteiger charge is -2.26. The first-order valence-electron chi connectivity index (χ1n) is 10.2. The molecule has 0 unspecified atom stereocenters. The zero-order valence-electron chi connectivity index (χ0n) is 17.2. The predicted octanol–water partition coefficient (Wildman–Crippen LogP) is 5.46. The summed E-state index contributed by atoms with van der Waals surface area (Å²) in [6.45, 7) is 1.80. The number of fused-ring (bicyclic) bond motifs is 3. The number of pyridine rings is 1. The van der Waals surface area contributed by atoms with E-state index in [1.165, 1.54) is 28.2 Å². The number of nitrogens with zero attached hydrogens (tertiary/aromatic N) is 3. The molecule has 32 heavy (non-hydrogen) atoms. The fraction of sp³-hybridized carbons (Fsp3) is 0.174. The minimum atomic E-state index is -0.239. The monoisotopic (exact) mass is 477 g/mol. The Morgan fingerprint density at radius 3 is 2.84 bits per heavy atom. The number of carbonyl (C=O) groups is 1. The molecular formula is C23H19N5OS3. The van der Waals surface area contributed by atoms with Gasteiger partial charge in [-0.25, -0.2) is 9.97 Å². The number of amides is 1. The van der Waals surface area contributed by atoms with Gasteiger partial charge in [0.1, 0.15) is 9.71 Å². The standard InChI is InChI=1S/C23H19N5OS3/c1-28-9-8-13-12(11-28)17(16-7-4-10-30-16)18-19(24)20(32-22(18)25-13)21(29)27-23-26-14-5-2-3-6-15(14)31-23/h2-7,10H,8-9,11,24H2,1H3,(H,26,27,29). The number of rotatable bonds is 3. The molecule has 0 bridgehead atoms. The highest BCUT2D eigenvalue weighted by Crippen LogP contribution is 2.44. The van der Waals surface area contributed by atoms with E-state index in [-0.39, 0.29) is 5.91 Å². The molecule has 0 radical (unpaired) electrons. The third kappa shape index (κ3) is 3.20. The number of anilines is 2. The van der Waals surface area contributed by atoms with Crippen LogP contribution < -0.4 is 11.1 Å². The summed E-state index contributed by atoms with van der Waals surface area (Å²) < 4.78 is 1.03. The summed E-state index contributed by atoms with van der Waals surface area (Å²) in [6, 6.07) is 12.0.